The molecule has 0 spiro atoms. The summed E-state index contributed by atoms with van der Waals surface area (Å²) in [6, 6.07) is 3.61. The van der Waals surface area contributed by atoms with Gasteiger partial charge in [0.1, 0.15) is 5.56 Å². The van der Waals surface area contributed by atoms with Crippen LogP contribution in [-0.4, -0.2) is 14.8 Å². The highest BCUT2D eigenvalue weighted by atomic mass is 32.1. The smallest absolute Gasteiger partial charge is 0.284 e. The number of hydrogen-bond donors (Lipinski definition) is 1. The number of H-pyrrole nitrogens is 1. The molecule has 5 nitrogen and oxygen atoms in total. The van der Waals surface area contributed by atoms with Gasteiger partial charge >= 0.3 is 0 Å². The molecule has 0 radical (unpaired) electrons. The summed E-state index contributed by atoms with van der Waals surface area (Å²) in [6.45, 7) is 4.72. The summed E-state index contributed by atoms with van der Waals surface area (Å²) < 4.78 is 6.93. The summed E-state index contributed by atoms with van der Waals surface area (Å²) in [5.74, 6) is 0.246. The van der Waals surface area contributed by atoms with E-state index in [9.17, 15) is 4.79 Å². The second kappa shape index (κ2) is 5.30. The van der Waals surface area contributed by atoms with E-state index >= 15 is 0 Å². The Labute approximate surface area is 109 Å². The van der Waals surface area contributed by atoms with E-state index in [1.807, 2.05) is 13.0 Å². The van der Waals surface area contributed by atoms with E-state index < -0.39 is 0 Å². The van der Waals surface area contributed by atoms with Gasteiger partial charge in [-0.25, -0.2) is 5.10 Å². The first kappa shape index (κ1) is 12.8. The van der Waals surface area contributed by atoms with E-state index in [-0.39, 0.29) is 16.3 Å². The van der Waals surface area contributed by atoms with Crippen molar-refractivity contribution in [3.63, 3.8) is 0 Å². The van der Waals surface area contributed by atoms with Crippen molar-refractivity contribution >= 4 is 12.2 Å². The molecule has 96 valence electrons. The molecule has 0 aliphatic carbocycles. The second-order valence-corrected chi connectivity index (χ2v) is 4.49. The van der Waals surface area contributed by atoms with Crippen LogP contribution >= 0.6 is 12.2 Å². The Morgan fingerprint density at radius 1 is 1.50 bits per heavy atom. The van der Waals surface area contributed by atoms with Crippen LogP contribution < -0.4 is 5.56 Å². The molecule has 0 fully saturated rings. The Morgan fingerprint density at radius 2 is 2.28 bits per heavy atom. The maximum absolute atomic E-state index is 12.3. The molecular formula is C12H15N3O2S. The Bertz CT molecular complexity index is 654. The fourth-order valence-corrected chi connectivity index (χ4v) is 1.90. The lowest BCUT2D eigenvalue weighted by molar-refractivity contribution is 0.547. The minimum atomic E-state index is -0.0892. The molecule has 0 saturated carbocycles. The highest BCUT2D eigenvalue weighted by molar-refractivity contribution is 7.71. The van der Waals surface area contributed by atoms with Gasteiger partial charge in [0.15, 0.2) is 0 Å². The van der Waals surface area contributed by atoms with Crippen molar-refractivity contribution in [1.29, 1.82) is 0 Å². The molecule has 0 amide bonds. The van der Waals surface area contributed by atoms with Gasteiger partial charge in [0.05, 0.1) is 0 Å². The molecule has 0 aromatic carbocycles. The number of unbranched alkanes of at least 4 members (excludes halogenated alkanes) is 1. The molecule has 0 bridgehead atoms. The third-order valence-electron chi connectivity index (χ3n) is 2.80. The van der Waals surface area contributed by atoms with Gasteiger partial charge < -0.3 is 8.98 Å². The second-order valence-electron chi connectivity index (χ2n) is 4.12. The Morgan fingerprint density at radius 3 is 2.89 bits per heavy atom. The van der Waals surface area contributed by atoms with Crippen molar-refractivity contribution in [3.8, 4) is 11.5 Å². The van der Waals surface area contributed by atoms with Gasteiger partial charge in [0.2, 0.25) is 0 Å². The molecule has 0 aliphatic rings. The summed E-state index contributed by atoms with van der Waals surface area (Å²) >= 11 is 4.81. The zero-order valence-corrected chi connectivity index (χ0v) is 11.2. The quantitative estimate of drug-likeness (QED) is 0.863. The van der Waals surface area contributed by atoms with E-state index in [2.05, 4.69) is 17.1 Å². The topological polar surface area (TPSA) is 63.8 Å². The van der Waals surface area contributed by atoms with Crippen LogP contribution in [-0.2, 0) is 6.54 Å². The van der Waals surface area contributed by atoms with E-state index in [0.717, 1.165) is 18.5 Å². The average molecular weight is 265 g/mol. The summed E-state index contributed by atoms with van der Waals surface area (Å²) in [5.41, 5.74) is 1.28. The van der Waals surface area contributed by atoms with Crippen LogP contribution in [0.3, 0.4) is 0 Å². The van der Waals surface area contributed by atoms with E-state index in [4.69, 9.17) is 16.6 Å². The number of hydrogen-bond acceptors (Lipinski definition) is 4. The van der Waals surface area contributed by atoms with Crippen molar-refractivity contribution < 1.29 is 4.42 Å². The minimum absolute atomic E-state index is 0.0892. The van der Waals surface area contributed by atoms with Crippen molar-refractivity contribution in [2.75, 3.05) is 0 Å². The normalized spacial score (nSPS) is 10.8. The molecule has 2 aromatic rings. The first-order chi connectivity index (χ1) is 8.63. The predicted molar refractivity (Wildman–Crippen MR) is 71.0 cm³/mol. The molecule has 0 atom stereocenters. The first-order valence-corrected chi connectivity index (χ1v) is 6.30. The zero-order chi connectivity index (χ0) is 13.1. The molecule has 0 aliphatic heterocycles. The molecule has 6 heteroatoms. The number of aromatic nitrogens is 3. The third-order valence-corrected chi connectivity index (χ3v) is 2.97. The SMILES string of the molecule is CCCCn1c(C)ccc(-c2n[nH]c(=S)o2)c1=O. The van der Waals surface area contributed by atoms with Crippen molar-refractivity contribution in [2.24, 2.45) is 0 Å². The molecule has 2 heterocycles. The highest BCUT2D eigenvalue weighted by Crippen LogP contribution is 2.13. The summed E-state index contributed by atoms with van der Waals surface area (Å²) in [7, 11) is 0. The van der Waals surface area contributed by atoms with Crippen molar-refractivity contribution in [2.45, 2.75) is 33.2 Å². The number of rotatable bonds is 4. The number of pyridine rings is 1. The van der Waals surface area contributed by atoms with Gasteiger partial charge in [-0.05, 0) is 37.7 Å². The van der Waals surface area contributed by atoms with Crippen molar-refractivity contribution in [3.05, 3.63) is 33.0 Å². The standard InChI is InChI=1S/C12H15N3O2S/c1-3-4-7-15-8(2)5-6-9(11(15)16)10-13-14-12(18)17-10/h5-6H,3-4,7H2,1-2H3,(H,14,18). The van der Waals surface area contributed by atoms with Crippen LogP contribution in [0.4, 0.5) is 0 Å². The predicted octanol–water partition coefficient (Wildman–Crippen LogP) is 2.67. The number of nitrogens with one attached hydrogen (secondary N) is 1. The molecule has 0 unspecified atom stereocenters. The van der Waals surface area contributed by atoms with Crippen LogP contribution in [0.15, 0.2) is 21.3 Å². The highest BCUT2D eigenvalue weighted by Gasteiger charge is 2.12. The average Bonchev–Trinajstić information content (AvgIpc) is 2.76. The lowest BCUT2D eigenvalue weighted by atomic mass is 10.2. The largest absolute Gasteiger partial charge is 0.409 e. The van der Waals surface area contributed by atoms with Gasteiger partial charge in [0.25, 0.3) is 16.3 Å². The summed E-state index contributed by atoms with van der Waals surface area (Å²) in [4.78, 5) is 12.5. The van der Waals surface area contributed by atoms with Crippen LogP contribution in [0.25, 0.3) is 11.5 Å². The maximum atomic E-state index is 12.3. The van der Waals surface area contributed by atoms with E-state index in [0.29, 0.717) is 12.1 Å². The van der Waals surface area contributed by atoms with Gasteiger partial charge in [-0.2, -0.15) is 0 Å². The Balaban J connectivity index is 2.50. The molecule has 0 saturated heterocycles. The van der Waals surface area contributed by atoms with Crippen LogP contribution in [0.5, 0.6) is 0 Å². The van der Waals surface area contributed by atoms with Crippen LogP contribution in [0, 0.1) is 11.8 Å². The monoisotopic (exact) mass is 265 g/mol. The van der Waals surface area contributed by atoms with Gasteiger partial charge in [-0.15, -0.1) is 5.10 Å². The molecule has 18 heavy (non-hydrogen) atoms. The first-order valence-electron chi connectivity index (χ1n) is 5.89. The maximum Gasteiger partial charge on any atom is 0.284 e. The zero-order valence-electron chi connectivity index (χ0n) is 10.4. The number of aryl methyl sites for hydroxylation is 1. The Kier molecular flexibility index (Phi) is 3.76. The van der Waals surface area contributed by atoms with Gasteiger partial charge in [-0.1, -0.05) is 13.3 Å². The number of nitrogens with zero attached hydrogens (tertiary/aromatic N) is 2. The lowest BCUT2D eigenvalue weighted by Gasteiger charge is -2.09. The van der Waals surface area contributed by atoms with Crippen LogP contribution in [0.2, 0.25) is 0 Å². The van der Waals surface area contributed by atoms with Gasteiger partial charge in [-0.3, -0.25) is 4.79 Å². The minimum Gasteiger partial charge on any atom is -0.409 e. The summed E-state index contributed by atoms with van der Waals surface area (Å²) in [5, 5.41) is 6.41. The van der Waals surface area contributed by atoms with E-state index in [1.54, 1.807) is 10.6 Å². The molecule has 2 aromatic heterocycles. The summed E-state index contributed by atoms with van der Waals surface area (Å²) in [6.07, 6.45) is 2.01. The molecular weight excluding hydrogens is 250 g/mol. The lowest BCUT2D eigenvalue weighted by Crippen LogP contribution is -2.23. The fourth-order valence-electron chi connectivity index (χ4n) is 1.77. The van der Waals surface area contributed by atoms with Crippen LogP contribution in [0.1, 0.15) is 25.5 Å². The van der Waals surface area contributed by atoms with Crippen molar-refractivity contribution in [1.82, 2.24) is 14.8 Å². The number of aromatic amines is 1. The molecule has 2 rings (SSSR count). The third kappa shape index (κ3) is 2.43. The molecule has 1 N–H and O–H groups in total. The fraction of sp³-hybridized carbons (Fsp3) is 0.417. The van der Waals surface area contributed by atoms with Gasteiger partial charge in [0, 0.05) is 12.2 Å². The van der Waals surface area contributed by atoms with E-state index in [1.165, 1.54) is 0 Å². The Hall–Kier alpha value is -1.69.